The highest BCUT2D eigenvalue weighted by molar-refractivity contribution is 6.29. The van der Waals surface area contributed by atoms with Gasteiger partial charge in [-0.15, -0.1) is 11.6 Å². The Hall–Kier alpha value is -1.79. The zero-order chi connectivity index (χ0) is 11.8. The highest BCUT2D eigenvalue weighted by atomic mass is 35.5. The smallest absolute Gasteiger partial charge is 0.239 e. The lowest BCUT2D eigenvalue weighted by atomic mass is 10.2. The largest absolute Gasteiger partial charge is 0.325 e. The predicted molar refractivity (Wildman–Crippen MR) is 65.1 cm³/mol. The quantitative estimate of drug-likeness (QED) is 0.815. The van der Waals surface area contributed by atoms with Gasteiger partial charge in [-0.2, -0.15) is 5.26 Å². The van der Waals surface area contributed by atoms with Crippen LogP contribution in [0.4, 0.5) is 5.69 Å². The molecule has 4 heteroatoms. The van der Waals surface area contributed by atoms with Crippen LogP contribution < -0.4 is 5.32 Å². The van der Waals surface area contributed by atoms with Crippen molar-refractivity contribution in [2.24, 2.45) is 0 Å². The highest BCUT2D eigenvalue weighted by Gasteiger charge is 1.98. The molecule has 0 spiro atoms. The van der Waals surface area contributed by atoms with Gasteiger partial charge in [0, 0.05) is 5.69 Å². The molecule has 0 bridgehead atoms. The summed E-state index contributed by atoms with van der Waals surface area (Å²) < 4.78 is 0. The van der Waals surface area contributed by atoms with Crippen LogP contribution in [0, 0.1) is 11.3 Å². The predicted octanol–water partition coefficient (Wildman–Crippen LogP) is 2.79. The Morgan fingerprint density at radius 2 is 2.12 bits per heavy atom. The van der Waals surface area contributed by atoms with Gasteiger partial charge in [0.2, 0.25) is 5.91 Å². The molecule has 0 saturated carbocycles. The van der Waals surface area contributed by atoms with E-state index in [1.54, 1.807) is 18.2 Å². The van der Waals surface area contributed by atoms with Gasteiger partial charge in [0.15, 0.2) is 0 Å². The third-order valence-corrected chi connectivity index (χ3v) is 2.08. The van der Waals surface area contributed by atoms with Crippen LogP contribution in [-0.2, 0) is 4.79 Å². The van der Waals surface area contributed by atoms with E-state index in [9.17, 15) is 4.79 Å². The van der Waals surface area contributed by atoms with Crippen molar-refractivity contribution in [2.45, 2.75) is 6.42 Å². The van der Waals surface area contributed by atoms with Crippen molar-refractivity contribution in [1.82, 2.24) is 0 Å². The number of amides is 1. The summed E-state index contributed by atoms with van der Waals surface area (Å²) in [7, 11) is 0. The van der Waals surface area contributed by atoms with Crippen LogP contribution in [0.3, 0.4) is 0 Å². The fourth-order valence-corrected chi connectivity index (χ4v) is 1.19. The molecule has 0 heterocycles. The Labute approximate surface area is 99.3 Å². The Kier molecular flexibility index (Phi) is 5.10. The van der Waals surface area contributed by atoms with E-state index >= 15 is 0 Å². The van der Waals surface area contributed by atoms with Gasteiger partial charge in [0.25, 0.3) is 0 Å². The summed E-state index contributed by atoms with van der Waals surface area (Å²) in [6.07, 6.45) is 4.04. The molecule has 0 unspecified atom stereocenters. The van der Waals surface area contributed by atoms with E-state index in [0.29, 0.717) is 12.1 Å². The number of hydrogen-bond acceptors (Lipinski definition) is 2. The van der Waals surface area contributed by atoms with Crippen molar-refractivity contribution in [3.8, 4) is 6.07 Å². The number of benzene rings is 1. The SMILES string of the molecule is N#CCC=Cc1ccc(NC(=O)CCl)cc1. The number of nitrogens with one attached hydrogen (secondary N) is 1. The number of carbonyl (C=O) groups is 1. The van der Waals surface area contributed by atoms with Crippen LogP contribution in [-0.4, -0.2) is 11.8 Å². The molecule has 0 fully saturated rings. The second kappa shape index (κ2) is 6.65. The number of nitrogens with zero attached hydrogens (tertiary/aromatic N) is 1. The topological polar surface area (TPSA) is 52.9 Å². The molecule has 1 aromatic rings. The molecule has 0 aliphatic rings. The van der Waals surface area contributed by atoms with E-state index < -0.39 is 0 Å². The van der Waals surface area contributed by atoms with E-state index in [2.05, 4.69) is 5.32 Å². The minimum Gasteiger partial charge on any atom is -0.325 e. The number of carbonyl (C=O) groups excluding carboxylic acids is 1. The Morgan fingerprint density at radius 3 is 2.69 bits per heavy atom. The summed E-state index contributed by atoms with van der Waals surface area (Å²) in [5.74, 6) is -0.279. The van der Waals surface area contributed by atoms with Gasteiger partial charge in [0.1, 0.15) is 5.88 Å². The molecular weight excluding hydrogens is 224 g/mol. The van der Waals surface area contributed by atoms with Gasteiger partial charge in [-0.3, -0.25) is 4.79 Å². The summed E-state index contributed by atoms with van der Waals surface area (Å²) in [5, 5.41) is 11.0. The number of nitriles is 1. The van der Waals surface area contributed by atoms with Crippen molar-refractivity contribution in [3.63, 3.8) is 0 Å². The number of rotatable bonds is 4. The highest BCUT2D eigenvalue weighted by Crippen LogP contribution is 2.11. The lowest BCUT2D eigenvalue weighted by Gasteiger charge is -2.02. The van der Waals surface area contributed by atoms with Gasteiger partial charge >= 0.3 is 0 Å². The Morgan fingerprint density at radius 1 is 1.44 bits per heavy atom. The Balaban J connectivity index is 2.61. The summed E-state index contributed by atoms with van der Waals surface area (Å²) in [6.45, 7) is 0. The standard InChI is InChI=1S/C12H11ClN2O/c13-9-12(16)15-11-6-4-10(5-7-11)3-1-2-8-14/h1,3-7H,2,9H2,(H,15,16). The molecule has 1 amide bonds. The van der Waals surface area contributed by atoms with Gasteiger partial charge in [0.05, 0.1) is 12.5 Å². The molecule has 0 atom stereocenters. The van der Waals surface area contributed by atoms with Crippen LogP contribution in [0.2, 0.25) is 0 Å². The van der Waals surface area contributed by atoms with Gasteiger partial charge in [-0.25, -0.2) is 0 Å². The normalized spacial score (nSPS) is 10.0. The van der Waals surface area contributed by atoms with Crippen LogP contribution in [0.15, 0.2) is 30.3 Å². The molecule has 0 radical (unpaired) electrons. The third-order valence-electron chi connectivity index (χ3n) is 1.84. The maximum Gasteiger partial charge on any atom is 0.239 e. The number of hydrogen-bond donors (Lipinski definition) is 1. The first-order valence-corrected chi connectivity index (χ1v) is 5.29. The maximum absolute atomic E-state index is 11.0. The zero-order valence-electron chi connectivity index (χ0n) is 8.61. The molecular formula is C12H11ClN2O. The second-order valence-electron chi connectivity index (χ2n) is 3.07. The summed E-state index contributed by atoms with van der Waals surface area (Å²) in [6, 6.07) is 9.32. The molecule has 1 N–H and O–H groups in total. The fourth-order valence-electron chi connectivity index (χ4n) is 1.12. The van der Waals surface area contributed by atoms with Crippen molar-refractivity contribution in [2.75, 3.05) is 11.2 Å². The van der Waals surface area contributed by atoms with Crippen molar-refractivity contribution < 1.29 is 4.79 Å². The van der Waals surface area contributed by atoms with Crippen molar-refractivity contribution in [1.29, 1.82) is 5.26 Å². The maximum atomic E-state index is 11.0. The van der Waals surface area contributed by atoms with E-state index in [-0.39, 0.29) is 11.8 Å². The Bertz CT molecular complexity index is 418. The van der Waals surface area contributed by atoms with Gasteiger partial charge < -0.3 is 5.32 Å². The number of alkyl halides is 1. The molecule has 82 valence electrons. The molecule has 0 aliphatic heterocycles. The summed E-state index contributed by atoms with van der Waals surface area (Å²) in [4.78, 5) is 11.0. The lowest BCUT2D eigenvalue weighted by molar-refractivity contribution is -0.113. The lowest BCUT2D eigenvalue weighted by Crippen LogP contribution is -2.12. The zero-order valence-corrected chi connectivity index (χ0v) is 9.37. The monoisotopic (exact) mass is 234 g/mol. The summed E-state index contributed by atoms with van der Waals surface area (Å²) in [5.41, 5.74) is 1.70. The first-order valence-electron chi connectivity index (χ1n) is 4.75. The molecule has 3 nitrogen and oxygen atoms in total. The van der Waals surface area contributed by atoms with E-state index in [1.807, 2.05) is 24.3 Å². The van der Waals surface area contributed by atoms with Gasteiger partial charge in [-0.05, 0) is 17.7 Å². The van der Waals surface area contributed by atoms with Gasteiger partial charge in [-0.1, -0.05) is 24.3 Å². The molecule has 0 aromatic heterocycles. The van der Waals surface area contributed by atoms with Crippen molar-refractivity contribution in [3.05, 3.63) is 35.9 Å². The molecule has 0 saturated heterocycles. The molecule has 1 aromatic carbocycles. The van der Waals surface area contributed by atoms with Crippen LogP contribution in [0.25, 0.3) is 6.08 Å². The van der Waals surface area contributed by atoms with Crippen LogP contribution >= 0.6 is 11.6 Å². The number of anilines is 1. The van der Waals surface area contributed by atoms with Crippen LogP contribution in [0.5, 0.6) is 0 Å². The van der Waals surface area contributed by atoms with E-state index in [4.69, 9.17) is 16.9 Å². The third kappa shape index (κ3) is 4.16. The molecule has 1 rings (SSSR count). The molecule has 0 aliphatic carbocycles. The average molecular weight is 235 g/mol. The number of halogens is 1. The second-order valence-corrected chi connectivity index (χ2v) is 3.34. The average Bonchev–Trinajstić information content (AvgIpc) is 2.31. The van der Waals surface area contributed by atoms with E-state index in [1.165, 1.54) is 0 Å². The fraction of sp³-hybridized carbons (Fsp3) is 0.167. The van der Waals surface area contributed by atoms with Crippen LogP contribution in [0.1, 0.15) is 12.0 Å². The first kappa shape index (κ1) is 12.3. The van der Waals surface area contributed by atoms with Crippen molar-refractivity contribution >= 4 is 29.3 Å². The minimum atomic E-state index is -0.227. The van der Waals surface area contributed by atoms with E-state index in [0.717, 1.165) is 5.56 Å². The molecule has 16 heavy (non-hydrogen) atoms. The first-order chi connectivity index (χ1) is 7.76. The summed E-state index contributed by atoms with van der Waals surface area (Å²) >= 11 is 5.36. The minimum absolute atomic E-state index is 0.0518. The number of allylic oxidation sites excluding steroid dienone is 1.